The van der Waals surface area contributed by atoms with Crippen molar-refractivity contribution in [1.29, 1.82) is 0 Å². The van der Waals surface area contributed by atoms with Crippen molar-refractivity contribution in [1.82, 2.24) is 0 Å². The van der Waals surface area contributed by atoms with Crippen LogP contribution >= 0.6 is 0 Å². The van der Waals surface area contributed by atoms with Gasteiger partial charge in [-0.15, -0.1) is 0 Å². The second-order valence-corrected chi connectivity index (χ2v) is 5.44. The molecule has 21 heavy (non-hydrogen) atoms. The lowest BCUT2D eigenvalue weighted by Crippen LogP contribution is -2.10. The monoisotopic (exact) mass is 276 g/mol. The predicted molar refractivity (Wildman–Crippen MR) is 88.4 cm³/mol. The lowest BCUT2D eigenvalue weighted by molar-refractivity contribution is 0.144. The van der Waals surface area contributed by atoms with Crippen LogP contribution in [0.3, 0.4) is 0 Å². The molecule has 0 spiro atoms. The fraction of sp³-hybridized carbons (Fsp3) is 0.200. The average Bonchev–Trinajstić information content (AvgIpc) is 2.56. The Hall–Kier alpha value is -2.12. The van der Waals surface area contributed by atoms with Crippen molar-refractivity contribution < 1.29 is 5.11 Å². The maximum Gasteiger partial charge on any atom is 0.0864 e. The van der Waals surface area contributed by atoms with Crippen molar-refractivity contribution in [2.24, 2.45) is 0 Å². The molecule has 0 aliphatic carbocycles. The fourth-order valence-electron chi connectivity index (χ4n) is 3.07. The fourth-order valence-corrected chi connectivity index (χ4v) is 3.07. The Morgan fingerprint density at radius 2 is 1.48 bits per heavy atom. The third-order valence-electron chi connectivity index (χ3n) is 4.19. The molecule has 3 aromatic rings. The molecule has 0 aliphatic heterocycles. The van der Waals surface area contributed by atoms with Gasteiger partial charge in [-0.2, -0.15) is 0 Å². The summed E-state index contributed by atoms with van der Waals surface area (Å²) in [5.41, 5.74) is 2.21. The van der Waals surface area contributed by atoms with Gasteiger partial charge in [0.2, 0.25) is 0 Å². The summed E-state index contributed by atoms with van der Waals surface area (Å²) in [6.45, 7) is 2.13. The number of hydrogen-bond acceptors (Lipinski definition) is 1. The standard InChI is InChI=1S/C20H20O/c1-2-17(15-9-4-3-5-10-15)20(21)19-14-8-12-16-11-6-7-13-18(16)19/h3-14,17,20-21H,2H2,1H3. The number of hydrogen-bond donors (Lipinski definition) is 1. The molecular formula is C20H20O. The van der Waals surface area contributed by atoms with E-state index in [0.717, 1.165) is 17.4 Å². The van der Waals surface area contributed by atoms with Crippen molar-refractivity contribution >= 4 is 10.8 Å². The van der Waals surface area contributed by atoms with E-state index in [1.54, 1.807) is 0 Å². The van der Waals surface area contributed by atoms with E-state index in [1.807, 2.05) is 42.5 Å². The third kappa shape index (κ3) is 2.70. The zero-order chi connectivity index (χ0) is 14.7. The van der Waals surface area contributed by atoms with Gasteiger partial charge in [0, 0.05) is 5.92 Å². The van der Waals surface area contributed by atoms with E-state index < -0.39 is 6.10 Å². The van der Waals surface area contributed by atoms with Gasteiger partial charge in [-0.25, -0.2) is 0 Å². The Bertz CT molecular complexity index is 713. The van der Waals surface area contributed by atoms with Crippen LogP contribution in [0.2, 0.25) is 0 Å². The molecule has 106 valence electrons. The Kier molecular flexibility index (Phi) is 4.03. The van der Waals surface area contributed by atoms with Gasteiger partial charge in [-0.1, -0.05) is 79.7 Å². The van der Waals surface area contributed by atoms with Gasteiger partial charge >= 0.3 is 0 Å². The maximum atomic E-state index is 10.9. The van der Waals surface area contributed by atoms with Crippen LogP contribution in [-0.4, -0.2) is 5.11 Å². The van der Waals surface area contributed by atoms with Crippen LogP contribution in [-0.2, 0) is 0 Å². The van der Waals surface area contributed by atoms with Gasteiger partial charge in [-0.05, 0) is 28.3 Å². The molecule has 3 rings (SSSR count). The highest BCUT2D eigenvalue weighted by molar-refractivity contribution is 5.86. The minimum atomic E-state index is -0.483. The minimum Gasteiger partial charge on any atom is -0.388 e. The van der Waals surface area contributed by atoms with E-state index in [-0.39, 0.29) is 5.92 Å². The van der Waals surface area contributed by atoms with Gasteiger partial charge in [-0.3, -0.25) is 0 Å². The van der Waals surface area contributed by atoms with Gasteiger partial charge in [0.1, 0.15) is 0 Å². The number of benzene rings is 3. The Labute approximate surface area is 125 Å². The second-order valence-electron chi connectivity index (χ2n) is 5.44. The van der Waals surface area contributed by atoms with Crippen molar-refractivity contribution in [3.05, 3.63) is 83.9 Å². The molecule has 3 aromatic carbocycles. The van der Waals surface area contributed by atoms with Crippen molar-refractivity contribution in [3.8, 4) is 0 Å². The summed E-state index contributed by atoms with van der Waals surface area (Å²) in [5, 5.41) is 13.3. The highest BCUT2D eigenvalue weighted by atomic mass is 16.3. The Balaban J connectivity index is 2.05. The largest absolute Gasteiger partial charge is 0.388 e. The van der Waals surface area contributed by atoms with Crippen LogP contribution in [0.1, 0.15) is 36.5 Å². The minimum absolute atomic E-state index is 0.122. The lowest BCUT2D eigenvalue weighted by Gasteiger charge is -2.23. The zero-order valence-electron chi connectivity index (χ0n) is 12.2. The van der Waals surface area contributed by atoms with Gasteiger partial charge in [0.05, 0.1) is 6.10 Å². The third-order valence-corrected chi connectivity index (χ3v) is 4.19. The summed E-state index contributed by atoms with van der Waals surface area (Å²) in [6, 6.07) is 24.7. The molecule has 1 nitrogen and oxygen atoms in total. The topological polar surface area (TPSA) is 20.2 Å². The molecule has 2 unspecified atom stereocenters. The van der Waals surface area contributed by atoms with Crippen LogP contribution in [0.4, 0.5) is 0 Å². The Morgan fingerprint density at radius 1 is 0.810 bits per heavy atom. The molecule has 0 fully saturated rings. The zero-order valence-corrected chi connectivity index (χ0v) is 12.2. The summed E-state index contributed by atoms with van der Waals surface area (Å²) in [4.78, 5) is 0. The molecule has 0 amide bonds. The molecule has 0 saturated heterocycles. The maximum absolute atomic E-state index is 10.9. The summed E-state index contributed by atoms with van der Waals surface area (Å²) < 4.78 is 0. The van der Waals surface area contributed by atoms with Crippen LogP contribution < -0.4 is 0 Å². The van der Waals surface area contributed by atoms with Gasteiger partial charge < -0.3 is 5.11 Å². The summed E-state index contributed by atoms with van der Waals surface area (Å²) in [7, 11) is 0. The first-order valence-electron chi connectivity index (χ1n) is 7.52. The van der Waals surface area contributed by atoms with E-state index in [0.29, 0.717) is 0 Å². The van der Waals surface area contributed by atoms with Crippen molar-refractivity contribution in [2.45, 2.75) is 25.4 Å². The van der Waals surface area contributed by atoms with Crippen LogP contribution in [0, 0.1) is 0 Å². The Morgan fingerprint density at radius 3 is 2.24 bits per heavy atom. The number of aliphatic hydroxyl groups is 1. The van der Waals surface area contributed by atoms with Crippen LogP contribution in [0.5, 0.6) is 0 Å². The van der Waals surface area contributed by atoms with Gasteiger partial charge in [0.25, 0.3) is 0 Å². The summed E-state index contributed by atoms with van der Waals surface area (Å²) >= 11 is 0. The number of fused-ring (bicyclic) bond motifs is 1. The molecule has 2 atom stereocenters. The first-order chi connectivity index (χ1) is 10.3. The predicted octanol–water partition coefficient (Wildman–Crippen LogP) is 5.07. The molecular weight excluding hydrogens is 256 g/mol. The summed E-state index contributed by atoms with van der Waals surface area (Å²) in [6.07, 6.45) is 0.428. The van der Waals surface area contributed by atoms with Crippen LogP contribution in [0.25, 0.3) is 10.8 Å². The number of rotatable bonds is 4. The molecule has 0 radical (unpaired) electrons. The van der Waals surface area contributed by atoms with E-state index in [2.05, 4.69) is 37.3 Å². The second kappa shape index (κ2) is 6.11. The highest BCUT2D eigenvalue weighted by Crippen LogP contribution is 2.36. The van der Waals surface area contributed by atoms with E-state index in [9.17, 15) is 5.11 Å². The lowest BCUT2D eigenvalue weighted by atomic mass is 9.85. The normalized spacial score (nSPS) is 14.0. The van der Waals surface area contributed by atoms with E-state index >= 15 is 0 Å². The first kappa shape index (κ1) is 13.8. The van der Waals surface area contributed by atoms with Crippen molar-refractivity contribution in [2.75, 3.05) is 0 Å². The molecule has 0 bridgehead atoms. The molecule has 1 heteroatoms. The van der Waals surface area contributed by atoms with E-state index in [4.69, 9.17) is 0 Å². The first-order valence-corrected chi connectivity index (χ1v) is 7.52. The van der Waals surface area contributed by atoms with Crippen molar-refractivity contribution in [3.63, 3.8) is 0 Å². The molecule has 0 saturated carbocycles. The molecule has 0 aromatic heterocycles. The highest BCUT2D eigenvalue weighted by Gasteiger charge is 2.22. The molecule has 0 aliphatic rings. The smallest absolute Gasteiger partial charge is 0.0864 e. The quantitative estimate of drug-likeness (QED) is 0.705. The number of aliphatic hydroxyl groups excluding tert-OH is 1. The van der Waals surface area contributed by atoms with Gasteiger partial charge in [0.15, 0.2) is 0 Å². The van der Waals surface area contributed by atoms with Crippen LogP contribution in [0.15, 0.2) is 72.8 Å². The summed E-state index contributed by atoms with van der Waals surface area (Å²) in [5.74, 6) is 0.122. The molecule has 1 N–H and O–H groups in total. The SMILES string of the molecule is CCC(c1ccccc1)C(O)c1cccc2ccccc12. The van der Waals surface area contributed by atoms with E-state index in [1.165, 1.54) is 10.9 Å². The molecule has 0 heterocycles. The average molecular weight is 276 g/mol.